The van der Waals surface area contributed by atoms with Gasteiger partial charge in [0.25, 0.3) is 0 Å². The van der Waals surface area contributed by atoms with Crippen molar-refractivity contribution in [3.05, 3.63) is 28.0 Å². The minimum atomic E-state index is -0.531. The van der Waals surface area contributed by atoms with Crippen molar-refractivity contribution < 1.29 is 9.53 Å². The third kappa shape index (κ3) is 3.63. The molecule has 0 saturated heterocycles. The molecule has 0 aromatic carbocycles. The van der Waals surface area contributed by atoms with Crippen molar-refractivity contribution in [2.75, 3.05) is 6.61 Å². The van der Waals surface area contributed by atoms with Gasteiger partial charge >= 0.3 is 5.97 Å². The summed E-state index contributed by atoms with van der Waals surface area (Å²) in [6.07, 6.45) is 0.0663. The molecule has 0 unspecified atom stereocenters. The predicted octanol–water partition coefficient (Wildman–Crippen LogP) is 2.34. The Balaban J connectivity index is 2.72. The molecule has 4 nitrogen and oxygen atoms in total. The van der Waals surface area contributed by atoms with Crippen LogP contribution in [0.25, 0.3) is 0 Å². The van der Waals surface area contributed by atoms with Crippen molar-refractivity contribution in [3.8, 4) is 0 Å². The van der Waals surface area contributed by atoms with E-state index in [9.17, 15) is 4.79 Å². The highest BCUT2D eigenvalue weighted by Crippen LogP contribution is 2.23. The number of carbonyl (C=O) groups is 1. The maximum Gasteiger partial charge on any atom is 0.307 e. The van der Waals surface area contributed by atoms with E-state index in [1.165, 1.54) is 0 Å². The van der Waals surface area contributed by atoms with Gasteiger partial charge in [0.1, 0.15) is 10.3 Å². The first-order valence-electron chi connectivity index (χ1n) is 4.77. The van der Waals surface area contributed by atoms with Gasteiger partial charge in [0.05, 0.1) is 13.0 Å². The summed E-state index contributed by atoms with van der Waals surface area (Å²) in [5.41, 5.74) is 6.39. The molecule has 16 heavy (non-hydrogen) atoms. The van der Waals surface area contributed by atoms with Crippen molar-refractivity contribution in [1.29, 1.82) is 0 Å². The molecule has 1 aromatic heterocycles. The number of aromatic nitrogens is 1. The first-order valence-corrected chi connectivity index (χ1v) is 5.53. The highest BCUT2D eigenvalue weighted by atomic mass is 35.5. The molecule has 6 heteroatoms. The molecule has 2 N–H and O–H groups in total. The van der Waals surface area contributed by atoms with E-state index in [1.807, 2.05) is 0 Å². The minimum absolute atomic E-state index is 0.0663. The highest BCUT2D eigenvalue weighted by molar-refractivity contribution is 6.32. The molecule has 1 heterocycles. The second-order valence-electron chi connectivity index (χ2n) is 3.13. The summed E-state index contributed by atoms with van der Waals surface area (Å²) in [4.78, 5) is 15.1. The van der Waals surface area contributed by atoms with E-state index in [0.717, 1.165) is 0 Å². The summed E-state index contributed by atoms with van der Waals surface area (Å²) < 4.78 is 4.79. The summed E-state index contributed by atoms with van der Waals surface area (Å²) in [5.74, 6) is -0.360. The van der Waals surface area contributed by atoms with Gasteiger partial charge in [0.2, 0.25) is 0 Å². The fourth-order valence-corrected chi connectivity index (χ4v) is 1.69. The van der Waals surface area contributed by atoms with Crippen LogP contribution in [0.5, 0.6) is 0 Å². The molecule has 0 radical (unpaired) electrons. The Hall–Kier alpha value is -0.840. The molecular weight excluding hydrogens is 251 g/mol. The lowest BCUT2D eigenvalue weighted by Crippen LogP contribution is -2.17. The normalized spacial score (nSPS) is 12.2. The van der Waals surface area contributed by atoms with Gasteiger partial charge in [-0.2, -0.15) is 0 Å². The smallest absolute Gasteiger partial charge is 0.307 e. The fourth-order valence-electron chi connectivity index (χ4n) is 1.21. The molecular formula is C10H12Cl2N2O2. The standard InChI is InChI=1S/C10H12Cl2N2O2/c1-2-16-9(15)5-7(13)6-3-4-8(11)14-10(6)12/h3-4,7H,2,5,13H2,1H3/t7-/m1/s1. The second-order valence-corrected chi connectivity index (χ2v) is 3.87. The zero-order valence-electron chi connectivity index (χ0n) is 8.74. The van der Waals surface area contributed by atoms with Gasteiger partial charge in [-0.1, -0.05) is 29.3 Å². The van der Waals surface area contributed by atoms with Crippen LogP contribution < -0.4 is 5.73 Å². The summed E-state index contributed by atoms with van der Waals surface area (Å²) in [5, 5.41) is 0.501. The molecule has 0 aliphatic heterocycles. The molecule has 1 atom stereocenters. The number of esters is 1. The Morgan fingerprint density at radius 2 is 2.25 bits per heavy atom. The quantitative estimate of drug-likeness (QED) is 0.668. The van der Waals surface area contributed by atoms with Crippen LogP contribution in [0.1, 0.15) is 24.9 Å². The van der Waals surface area contributed by atoms with E-state index in [2.05, 4.69) is 4.98 Å². The topological polar surface area (TPSA) is 65.2 Å². The summed E-state index contributed by atoms with van der Waals surface area (Å²) in [6.45, 7) is 2.07. The van der Waals surface area contributed by atoms with Crippen molar-refractivity contribution in [2.24, 2.45) is 5.73 Å². The number of hydrogen-bond acceptors (Lipinski definition) is 4. The number of pyridine rings is 1. The van der Waals surface area contributed by atoms with Gasteiger partial charge < -0.3 is 10.5 Å². The number of carbonyl (C=O) groups excluding carboxylic acids is 1. The van der Waals surface area contributed by atoms with E-state index in [1.54, 1.807) is 19.1 Å². The first-order chi connectivity index (χ1) is 7.54. The highest BCUT2D eigenvalue weighted by Gasteiger charge is 2.16. The number of nitrogens with two attached hydrogens (primary N) is 1. The van der Waals surface area contributed by atoms with Gasteiger partial charge in [0, 0.05) is 11.6 Å². The first kappa shape index (κ1) is 13.2. The molecule has 0 aliphatic rings. The minimum Gasteiger partial charge on any atom is -0.466 e. The zero-order valence-corrected chi connectivity index (χ0v) is 10.3. The molecule has 0 bridgehead atoms. The van der Waals surface area contributed by atoms with E-state index < -0.39 is 6.04 Å². The van der Waals surface area contributed by atoms with Crippen LogP contribution in [0.4, 0.5) is 0 Å². The molecule has 0 spiro atoms. The third-order valence-electron chi connectivity index (χ3n) is 1.93. The lowest BCUT2D eigenvalue weighted by atomic mass is 10.1. The maximum absolute atomic E-state index is 11.2. The van der Waals surface area contributed by atoms with Crippen LogP contribution in [0.3, 0.4) is 0 Å². The van der Waals surface area contributed by atoms with E-state index in [0.29, 0.717) is 12.2 Å². The molecule has 1 rings (SSSR count). The molecule has 0 aliphatic carbocycles. The molecule has 0 saturated carbocycles. The average molecular weight is 263 g/mol. The summed E-state index contributed by atoms with van der Waals surface area (Å²) >= 11 is 11.5. The van der Waals surface area contributed by atoms with Gasteiger partial charge in [-0.25, -0.2) is 4.98 Å². The van der Waals surface area contributed by atoms with Gasteiger partial charge in [-0.05, 0) is 13.0 Å². The van der Waals surface area contributed by atoms with Crippen LogP contribution in [0.15, 0.2) is 12.1 Å². The monoisotopic (exact) mass is 262 g/mol. The Kier molecular flexibility index (Phi) is 4.99. The van der Waals surface area contributed by atoms with Gasteiger partial charge in [0.15, 0.2) is 0 Å². The Morgan fingerprint density at radius 1 is 1.56 bits per heavy atom. The van der Waals surface area contributed by atoms with Crippen molar-refractivity contribution in [2.45, 2.75) is 19.4 Å². The van der Waals surface area contributed by atoms with Crippen molar-refractivity contribution in [1.82, 2.24) is 4.98 Å². The number of ether oxygens (including phenoxy) is 1. The molecule has 0 fully saturated rings. The van der Waals surface area contributed by atoms with Crippen LogP contribution in [0, 0.1) is 0 Å². The second kappa shape index (κ2) is 6.03. The van der Waals surface area contributed by atoms with Crippen LogP contribution in [0.2, 0.25) is 10.3 Å². The number of nitrogens with zero attached hydrogens (tertiary/aromatic N) is 1. The lowest BCUT2D eigenvalue weighted by Gasteiger charge is -2.12. The van der Waals surface area contributed by atoms with E-state index in [-0.39, 0.29) is 22.7 Å². The fraction of sp³-hybridized carbons (Fsp3) is 0.400. The van der Waals surface area contributed by atoms with Crippen LogP contribution in [-0.4, -0.2) is 17.6 Å². The van der Waals surface area contributed by atoms with Gasteiger partial charge in [-0.15, -0.1) is 0 Å². The Labute approximate surface area is 104 Å². The molecule has 88 valence electrons. The molecule has 0 amide bonds. The van der Waals surface area contributed by atoms with Crippen molar-refractivity contribution >= 4 is 29.2 Å². The number of rotatable bonds is 4. The largest absolute Gasteiger partial charge is 0.466 e. The summed E-state index contributed by atoms with van der Waals surface area (Å²) in [6, 6.07) is 2.70. The third-order valence-corrected chi connectivity index (χ3v) is 2.45. The predicted molar refractivity (Wildman–Crippen MR) is 62.4 cm³/mol. The lowest BCUT2D eigenvalue weighted by molar-refractivity contribution is -0.143. The van der Waals surface area contributed by atoms with Crippen molar-refractivity contribution in [3.63, 3.8) is 0 Å². The Bertz CT molecular complexity index is 385. The summed E-state index contributed by atoms with van der Waals surface area (Å²) in [7, 11) is 0. The maximum atomic E-state index is 11.2. The Morgan fingerprint density at radius 3 is 2.81 bits per heavy atom. The van der Waals surface area contributed by atoms with Crippen LogP contribution >= 0.6 is 23.2 Å². The molecule has 1 aromatic rings. The van der Waals surface area contributed by atoms with Crippen LogP contribution in [-0.2, 0) is 9.53 Å². The SMILES string of the molecule is CCOC(=O)C[C@@H](N)c1ccc(Cl)nc1Cl. The zero-order chi connectivity index (χ0) is 12.1. The average Bonchev–Trinajstić information content (AvgIpc) is 2.17. The van der Waals surface area contributed by atoms with Gasteiger partial charge in [-0.3, -0.25) is 4.79 Å². The van der Waals surface area contributed by atoms with E-state index >= 15 is 0 Å². The number of halogens is 2. The van der Waals surface area contributed by atoms with E-state index in [4.69, 9.17) is 33.7 Å². The number of hydrogen-bond donors (Lipinski definition) is 1.